The van der Waals surface area contributed by atoms with Crippen LogP contribution in [0.1, 0.15) is 31.1 Å². The minimum absolute atomic E-state index is 0.179. The molecular formula is C15H22N2O4. The fourth-order valence-electron chi connectivity index (χ4n) is 1.63. The maximum Gasteiger partial charge on any atom is 0.341 e. The lowest BCUT2D eigenvalue weighted by Gasteiger charge is -2.15. The average Bonchev–Trinajstić information content (AvgIpc) is 2.44. The number of methoxy groups -OCH3 is 1. The predicted octanol–water partition coefficient (Wildman–Crippen LogP) is 1.59. The molecule has 0 aliphatic rings. The summed E-state index contributed by atoms with van der Waals surface area (Å²) in [4.78, 5) is 23.8. The van der Waals surface area contributed by atoms with Crippen LogP contribution in [0.25, 0.3) is 0 Å². The zero-order valence-corrected chi connectivity index (χ0v) is 12.8. The first kappa shape index (κ1) is 16.8. The molecule has 0 saturated heterocycles. The van der Waals surface area contributed by atoms with Crippen molar-refractivity contribution in [3.63, 3.8) is 0 Å². The van der Waals surface area contributed by atoms with Gasteiger partial charge in [-0.05, 0) is 25.0 Å². The normalized spacial score (nSPS) is 11.9. The van der Waals surface area contributed by atoms with Gasteiger partial charge >= 0.3 is 5.97 Å². The first-order valence-corrected chi connectivity index (χ1v) is 6.78. The molecule has 3 N–H and O–H groups in total. The second kappa shape index (κ2) is 7.52. The summed E-state index contributed by atoms with van der Waals surface area (Å²) in [5.74, 6) is -0.274. The van der Waals surface area contributed by atoms with Crippen LogP contribution < -0.4 is 15.8 Å². The van der Waals surface area contributed by atoms with E-state index in [0.29, 0.717) is 18.2 Å². The number of carbonyl (C=O) groups excluding carboxylic acids is 2. The molecule has 6 heteroatoms. The van der Waals surface area contributed by atoms with Crippen LogP contribution in [0, 0.1) is 5.92 Å². The Kier molecular flexibility index (Phi) is 6.02. The van der Waals surface area contributed by atoms with Crippen LogP contribution in [0.3, 0.4) is 0 Å². The minimum Gasteiger partial charge on any atom is -0.495 e. The zero-order valence-electron chi connectivity index (χ0n) is 12.8. The maximum absolute atomic E-state index is 12.0. The van der Waals surface area contributed by atoms with Crippen molar-refractivity contribution in [2.24, 2.45) is 5.92 Å². The molecule has 0 aliphatic heterocycles. The highest BCUT2D eigenvalue weighted by atomic mass is 16.5. The van der Waals surface area contributed by atoms with Crippen LogP contribution in [-0.4, -0.2) is 31.6 Å². The molecule has 1 rings (SSSR count). The number of carbonyl (C=O) groups is 2. The number of para-hydroxylation sites is 1. The molecule has 1 aromatic carbocycles. The summed E-state index contributed by atoms with van der Waals surface area (Å²) >= 11 is 0. The van der Waals surface area contributed by atoms with Gasteiger partial charge in [0, 0.05) is 6.54 Å². The summed E-state index contributed by atoms with van der Waals surface area (Å²) in [6, 6.07) is 4.80. The van der Waals surface area contributed by atoms with E-state index in [-0.39, 0.29) is 17.2 Å². The molecule has 0 bridgehead atoms. The summed E-state index contributed by atoms with van der Waals surface area (Å²) in [6.45, 7) is 6.01. The quantitative estimate of drug-likeness (QED) is 0.614. The number of ether oxygens (including phenoxy) is 2. The number of hydrogen-bond donors (Lipinski definition) is 2. The molecule has 6 nitrogen and oxygen atoms in total. The standard InChI is InChI=1S/C15H22N2O4/c1-9(2)8-17-14(18)10(3)21-15(19)11-6-5-7-12(20-4)13(11)16/h5-7,9-10H,8,16H2,1-4H3,(H,17,18). The first-order chi connectivity index (χ1) is 9.86. The molecule has 21 heavy (non-hydrogen) atoms. The number of nitrogens with one attached hydrogen (secondary N) is 1. The average molecular weight is 294 g/mol. The zero-order chi connectivity index (χ0) is 16.0. The van der Waals surface area contributed by atoms with E-state index in [1.807, 2.05) is 13.8 Å². The van der Waals surface area contributed by atoms with Crippen molar-refractivity contribution < 1.29 is 19.1 Å². The third kappa shape index (κ3) is 4.66. The van der Waals surface area contributed by atoms with Gasteiger partial charge in [-0.3, -0.25) is 4.79 Å². The number of nitrogen functional groups attached to an aromatic ring is 1. The minimum atomic E-state index is -0.887. The molecule has 116 valence electrons. The molecule has 0 heterocycles. The Hall–Kier alpha value is -2.24. The van der Waals surface area contributed by atoms with Crippen LogP contribution in [-0.2, 0) is 9.53 Å². The van der Waals surface area contributed by atoms with Crippen LogP contribution in [0.15, 0.2) is 18.2 Å². The molecule has 0 aromatic heterocycles. The number of rotatable bonds is 6. The van der Waals surface area contributed by atoms with Crippen molar-refractivity contribution >= 4 is 17.6 Å². The fourth-order valence-corrected chi connectivity index (χ4v) is 1.63. The van der Waals surface area contributed by atoms with Gasteiger partial charge in [0.05, 0.1) is 18.4 Å². The lowest BCUT2D eigenvalue weighted by molar-refractivity contribution is -0.129. The SMILES string of the molecule is COc1cccc(C(=O)OC(C)C(=O)NCC(C)C)c1N. The van der Waals surface area contributed by atoms with Gasteiger partial charge in [0.25, 0.3) is 5.91 Å². The highest BCUT2D eigenvalue weighted by Gasteiger charge is 2.21. The topological polar surface area (TPSA) is 90.6 Å². The van der Waals surface area contributed by atoms with Crippen LogP contribution in [0.5, 0.6) is 5.75 Å². The van der Waals surface area contributed by atoms with E-state index >= 15 is 0 Å². The Morgan fingerprint density at radius 3 is 2.52 bits per heavy atom. The molecule has 0 spiro atoms. The van der Waals surface area contributed by atoms with Gasteiger partial charge in [-0.25, -0.2) is 4.79 Å². The summed E-state index contributed by atoms with van der Waals surface area (Å²) in [5.41, 5.74) is 6.19. The first-order valence-electron chi connectivity index (χ1n) is 6.78. The van der Waals surface area contributed by atoms with E-state index in [0.717, 1.165) is 0 Å². The third-order valence-electron chi connectivity index (χ3n) is 2.84. The molecule has 0 saturated carbocycles. The van der Waals surface area contributed by atoms with Crippen molar-refractivity contribution in [2.75, 3.05) is 19.4 Å². The van der Waals surface area contributed by atoms with Gasteiger partial charge < -0.3 is 20.5 Å². The van der Waals surface area contributed by atoms with Gasteiger partial charge in [-0.2, -0.15) is 0 Å². The highest BCUT2D eigenvalue weighted by molar-refractivity contribution is 5.98. The Balaban J connectivity index is 2.70. The van der Waals surface area contributed by atoms with Gasteiger partial charge in [0.1, 0.15) is 5.75 Å². The van der Waals surface area contributed by atoms with E-state index in [4.69, 9.17) is 15.2 Å². The molecule has 1 amide bonds. The smallest absolute Gasteiger partial charge is 0.341 e. The van der Waals surface area contributed by atoms with E-state index in [1.165, 1.54) is 20.1 Å². The monoisotopic (exact) mass is 294 g/mol. The molecule has 0 aliphatic carbocycles. The van der Waals surface area contributed by atoms with Gasteiger partial charge in [-0.1, -0.05) is 19.9 Å². The van der Waals surface area contributed by atoms with Crippen LogP contribution in [0.4, 0.5) is 5.69 Å². The summed E-state index contributed by atoms with van der Waals surface area (Å²) in [5, 5.41) is 2.70. The lowest BCUT2D eigenvalue weighted by Crippen LogP contribution is -2.37. The molecule has 1 aromatic rings. The number of amides is 1. The van der Waals surface area contributed by atoms with Gasteiger partial charge in [0.15, 0.2) is 6.10 Å². The van der Waals surface area contributed by atoms with Gasteiger partial charge in [-0.15, -0.1) is 0 Å². The van der Waals surface area contributed by atoms with Crippen LogP contribution >= 0.6 is 0 Å². The highest BCUT2D eigenvalue weighted by Crippen LogP contribution is 2.25. The summed E-state index contributed by atoms with van der Waals surface area (Å²) in [6.07, 6.45) is -0.887. The third-order valence-corrected chi connectivity index (χ3v) is 2.84. The number of hydrogen-bond acceptors (Lipinski definition) is 5. The number of anilines is 1. The summed E-state index contributed by atoms with van der Waals surface area (Å²) < 4.78 is 10.2. The fraction of sp³-hybridized carbons (Fsp3) is 0.467. The van der Waals surface area contributed by atoms with Crippen LogP contribution in [0.2, 0.25) is 0 Å². The second-order valence-electron chi connectivity index (χ2n) is 5.11. The van der Waals surface area contributed by atoms with E-state index in [1.54, 1.807) is 12.1 Å². The number of esters is 1. The van der Waals surface area contributed by atoms with E-state index in [2.05, 4.69) is 5.32 Å². The second-order valence-corrected chi connectivity index (χ2v) is 5.11. The van der Waals surface area contributed by atoms with Crippen molar-refractivity contribution in [1.82, 2.24) is 5.32 Å². The molecular weight excluding hydrogens is 272 g/mol. The van der Waals surface area contributed by atoms with Crippen molar-refractivity contribution in [1.29, 1.82) is 0 Å². The van der Waals surface area contributed by atoms with Crippen molar-refractivity contribution in [3.05, 3.63) is 23.8 Å². The molecule has 0 radical (unpaired) electrons. The lowest BCUT2D eigenvalue weighted by atomic mass is 10.1. The predicted molar refractivity (Wildman–Crippen MR) is 80.1 cm³/mol. The molecule has 1 unspecified atom stereocenters. The maximum atomic E-state index is 12.0. The Bertz CT molecular complexity index is 514. The van der Waals surface area contributed by atoms with E-state index < -0.39 is 12.1 Å². The largest absolute Gasteiger partial charge is 0.495 e. The molecule has 1 atom stereocenters. The molecule has 0 fully saturated rings. The van der Waals surface area contributed by atoms with Crippen molar-refractivity contribution in [2.45, 2.75) is 26.9 Å². The van der Waals surface area contributed by atoms with E-state index in [9.17, 15) is 9.59 Å². The summed E-state index contributed by atoms with van der Waals surface area (Å²) in [7, 11) is 1.46. The number of nitrogens with two attached hydrogens (primary N) is 1. The van der Waals surface area contributed by atoms with Gasteiger partial charge in [0.2, 0.25) is 0 Å². The Labute approximate surface area is 124 Å². The van der Waals surface area contributed by atoms with Crippen molar-refractivity contribution in [3.8, 4) is 5.75 Å². The Morgan fingerprint density at radius 1 is 1.29 bits per heavy atom. The number of benzene rings is 1. The Morgan fingerprint density at radius 2 is 1.95 bits per heavy atom.